The molecule has 0 amide bonds. The second kappa shape index (κ2) is 6.35. The van der Waals surface area contributed by atoms with Crippen molar-refractivity contribution in [1.82, 2.24) is 4.31 Å². The third-order valence-electron chi connectivity index (χ3n) is 0.957. The largest absolute Gasteiger partial charge is 0.395 e. The fourth-order valence-corrected chi connectivity index (χ4v) is 1.05. The molecule has 4 heteroatoms. The Labute approximate surface area is 59.8 Å². The number of nitrogens with zero attached hydrogens (tertiary/aromatic N) is 1. The van der Waals surface area contributed by atoms with Crippen molar-refractivity contribution in [2.24, 2.45) is 0 Å². The topological polar surface area (TPSA) is 43.7 Å². The molecule has 0 atom stereocenters. The number of aliphatic hydroxyl groups is 2. The van der Waals surface area contributed by atoms with E-state index < -0.39 is 0 Å². The van der Waals surface area contributed by atoms with Gasteiger partial charge in [0.15, 0.2) is 0 Å². The van der Waals surface area contributed by atoms with Gasteiger partial charge in [-0.05, 0) is 6.26 Å². The minimum Gasteiger partial charge on any atom is -0.395 e. The molecular formula is C5H13NO2S. The van der Waals surface area contributed by atoms with Crippen LogP contribution in [0, 0.1) is 0 Å². The smallest absolute Gasteiger partial charge is 0.0567 e. The first-order valence-corrected chi connectivity index (χ1v) is 4.04. The van der Waals surface area contributed by atoms with Gasteiger partial charge in [0.1, 0.15) is 0 Å². The van der Waals surface area contributed by atoms with Crippen molar-refractivity contribution in [3.8, 4) is 0 Å². The Balaban J connectivity index is 3.18. The number of rotatable bonds is 5. The van der Waals surface area contributed by atoms with Crippen LogP contribution in [0.5, 0.6) is 0 Å². The van der Waals surface area contributed by atoms with Gasteiger partial charge in [0.05, 0.1) is 13.2 Å². The van der Waals surface area contributed by atoms with Crippen LogP contribution in [0.4, 0.5) is 0 Å². The van der Waals surface area contributed by atoms with Crippen LogP contribution in [-0.2, 0) is 0 Å². The monoisotopic (exact) mass is 151 g/mol. The number of hydrogen-bond donors (Lipinski definition) is 2. The fraction of sp³-hybridized carbons (Fsp3) is 1.00. The van der Waals surface area contributed by atoms with Crippen LogP contribution in [-0.4, -0.2) is 47.1 Å². The van der Waals surface area contributed by atoms with E-state index >= 15 is 0 Å². The van der Waals surface area contributed by atoms with Crippen LogP contribution in [0.1, 0.15) is 0 Å². The molecule has 9 heavy (non-hydrogen) atoms. The molecule has 0 aliphatic carbocycles. The van der Waals surface area contributed by atoms with Crippen LogP contribution in [0.2, 0.25) is 0 Å². The molecule has 0 rings (SSSR count). The molecule has 0 radical (unpaired) electrons. The quantitative estimate of drug-likeness (QED) is 0.522. The highest BCUT2D eigenvalue weighted by atomic mass is 32.2. The normalized spacial score (nSPS) is 10.7. The van der Waals surface area contributed by atoms with E-state index in [-0.39, 0.29) is 13.2 Å². The Kier molecular flexibility index (Phi) is 6.51. The summed E-state index contributed by atoms with van der Waals surface area (Å²) in [7, 11) is 0. The van der Waals surface area contributed by atoms with Crippen LogP contribution < -0.4 is 0 Å². The van der Waals surface area contributed by atoms with E-state index in [1.165, 1.54) is 11.9 Å². The van der Waals surface area contributed by atoms with Crippen molar-refractivity contribution in [1.29, 1.82) is 0 Å². The van der Waals surface area contributed by atoms with Gasteiger partial charge >= 0.3 is 0 Å². The van der Waals surface area contributed by atoms with Gasteiger partial charge in [-0.25, -0.2) is 4.31 Å². The Morgan fingerprint density at radius 3 is 1.89 bits per heavy atom. The van der Waals surface area contributed by atoms with Gasteiger partial charge in [-0.15, -0.1) is 0 Å². The third kappa shape index (κ3) is 4.72. The van der Waals surface area contributed by atoms with Crippen LogP contribution in [0.25, 0.3) is 0 Å². The van der Waals surface area contributed by atoms with E-state index in [0.29, 0.717) is 13.1 Å². The summed E-state index contributed by atoms with van der Waals surface area (Å²) < 4.78 is 1.90. The lowest BCUT2D eigenvalue weighted by Gasteiger charge is -2.15. The summed E-state index contributed by atoms with van der Waals surface area (Å²) in [6.07, 6.45) is 1.92. The summed E-state index contributed by atoms with van der Waals surface area (Å²) in [6, 6.07) is 0. The summed E-state index contributed by atoms with van der Waals surface area (Å²) in [5.41, 5.74) is 0. The molecular weight excluding hydrogens is 138 g/mol. The molecule has 0 heterocycles. The Bertz CT molecular complexity index is 56.9. The van der Waals surface area contributed by atoms with Gasteiger partial charge in [-0.3, -0.25) is 0 Å². The van der Waals surface area contributed by atoms with Gasteiger partial charge < -0.3 is 10.2 Å². The predicted octanol–water partition coefficient (Wildman–Crippen LogP) is -0.449. The molecule has 0 aromatic rings. The summed E-state index contributed by atoms with van der Waals surface area (Å²) in [5, 5.41) is 16.9. The van der Waals surface area contributed by atoms with E-state index in [9.17, 15) is 0 Å². The first-order chi connectivity index (χ1) is 4.35. The number of hydrogen-bond acceptors (Lipinski definition) is 4. The SMILES string of the molecule is CSN(CCO)CCO. The lowest BCUT2D eigenvalue weighted by Crippen LogP contribution is -2.22. The van der Waals surface area contributed by atoms with Crippen LogP contribution in [0.3, 0.4) is 0 Å². The van der Waals surface area contributed by atoms with Crippen molar-refractivity contribution in [3.05, 3.63) is 0 Å². The third-order valence-corrected chi connectivity index (χ3v) is 1.84. The van der Waals surface area contributed by atoms with Crippen molar-refractivity contribution in [3.63, 3.8) is 0 Å². The highest BCUT2D eigenvalue weighted by molar-refractivity contribution is 7.96. The zero-order valence-electron chi connectivity index (χ0n) is 5.58. The zero-order chi connectivity index (χ0) is 7.11. The van der Waals surface area contributed by atoms with Crippen molar-refractivity contribution >= 4 is 11.9 Å². The molecule has 0 aliphatic heterocycles. The van der Waals surface area contributed by atoms with Crippen LogP contribution in [0.15, 0.2) is 0 Å². The average molecular weight is 151 g/mol. The van der Waals surface area contributed by atoms with Crippen molar-refractivity contribution in [2.45, 2.75) is 0 Å². The Morgan fingerprint density at radius 1 is 1.22 bits per heavy atom. The molecule has 0 saturated carbocycles. The van der Waals surface area contributed by atoms with E-state index in [2.05, 4.69) is 0 Å². The summed E-state index contributed by atoms with van der Waals surface area (Å²) in [6.45, 7) is 1.56. The average Bonchev–Trinajstić information content (AvgIpc) is 1.88. The Morgan fingerprint density at radius 2 is 1.67 bits per heavy atom. The standard InChI is InChI=1S/C5H13NO2S/c1-9-6(2-4-7)3-5-8/h7-8H,2-5H2,1H3. The highest BCUT2D eigenvalue weighted by Gasteiger charge is 1.98. The van der Waals surface area contributed by atoms with E-state index in [4.69, 9.17) is 10.2 Å². The van der Waals surface area contributed by atoms with Gasteiger partial charge in [-0.2, -0.15) is 0 Å². The molecule has 0 aliphatic rings. The maximum absolute atomic E-state index is 8.46. The minimum atomic E-state index is 0.154. The van der Waals surface area contributed by atoms with Crippen molar-refractivity contribution < 1.29 is 10.2 Å². The maximum Gasteiger partial charge on any atom is 0.0567 e. The first-order valence-electron chi connectivity index (χ1n) is 2.86. The molecule has 0 unspecified atom stereocenters. The van der Waals surface area contributed by atoms with Gasteiger partial charge in [-0.1, -0.05) is 11.9 Å². The molecule has 0 aromatic carbocycles. The van der Waals surface area contributed by atoms with Gasteiger partial charge in [0.25, 0.3) is 0 Å². The van der Waals surface area contributed by atoms with Gasteiger partial charge in [0, 0.05) is 13.1 Å². The summed E-state index contributed by atoms with van der Waals surface area (Å²) in [4.78, 5) is 0. The summed E-state index contributed by atoms with van der Waals surface area (Å²) >= 11 is 1.53. The fourth-order valence-electron chi connectivity index (χ4n) is 0.517. The molecule has 0 aromatic heterocycles. The minimum absolute atomic E-state index is 0.154. The maximum atomic E-state index is 8.46. The molecule has 3 nitrogen and oxygen atoms in total. The highest BCUT2D eigenvalue weighted by Crippen LogP contribution is 2.01. The second-order valence-corrected chi connectivity index (χ2v) is 2.44. The zero-order valence-corrected chi connectivity index (χ0v) is 6.39. The summed E-state index contributed by atoms with van der Waals surface area (Å²) in [5.74, 6) is 0. The molecule has 0 bridgehead atoms. The lowest BCUT2D eigenvalue weighted by atomic mass is 10.6. The van der Waals surface area contributed by atoms with E-state index in [0.717, 1.165) is 0 Å². The first kappa shape index (κ1) is 9.23. The van der Waals surface area contributed by atoms with Crippen molar-refractivity contribution in [2.75, 3.05) is 32.6 Å². The molecule has 0 spiro atoms. The predicted molar refractivity (Wildman–Crippen MR) is 39.3 cm³/mol. The second-order valence-electron chi connectivity index (χ2n) is 1.56. The molecule has 2 N–H and O–H groups in total. The molecule has 0 saturated heterocycles. The van der Waals surface area contributed by atoms with Gasteiger partial charge in [0.2, 0.25) is 0 Å². The Hall–Kier alpha value is 0.230. The van der Waals surface area contributed by atoms with Crippen LogP contribution >= 0.6 is 11.9 Å². The lowest BCUT2D eigenvalue weighted by molar-refractivity contribution is 0.226. The van der Waals surface area contributed by atoms with E-state index in [1.54, 1.807) is 0 Å². The molecule has 0 fully saturated rings. The van der Waals surface area contributed by atoms with E-state index in [1.807, 2.05) is 10.6 Å². The molecule has 56 valence electrons. The number of aliphatic hydroxyl groups excluding tert-OH is 2.